The van der Waals surface area contributed by atoms with Crippen molar-refractivity contribution in [2.75, 3.05) is 4.90 Å². The molecule has 1 aliphatic heterocycles. The van der Waals surface area contributed by atoms with E-state index in [1.807, 2.05) is 0 Å². The molecule has 3 fully saturated rings. The van der Waals surface area contributed by atoms with Crippen LogP contribution in [0.2, 0.25) is 0 Å². The van der Waals surface area contributed by atoms with Crippen molar-refractivity contribution in [2.45, 2.75) is 17.2 Å². The predicted molar refractivity (Wildman–Crippen MR) is 83.8 cm³/mol. The number of fused-ring (bicyclic) bond motifs is 5. The first kappa shape index (κ1) is 15.0. The number of aromatic carboxylic acids is 1. The molecule has 0 spiro atoms. The van der Waals surface area contributed by atoms with Crippen LogP contribution >= 0.6 is 23.2 Å². The lowest BCUT2D eigenvalue weighted by molar-refractivity contribution is -0.123. The van der Waals surface area contributed by atoms with Crippen LogP contribution in [0.5, 0.6) is 0 Å². The molecule has 6 atom stereocenters. The lowest BCUT2D eigenvalue weighted by Crippen LogP contribution is -2.37. The summed E-state index contributed by atoms with van der Waals surface area (Å²) in [5.41, 5.74) is 0.505. The third-order valence-corrected chi connectivity index (χ3v) is 6.68. The number of amides is 2. The van der Waals surface area contributed by atoms with E-state index in [0.29, 0.717) is 5.69 Å². The fourth-order valence-corrected chi connectivity index (χ4v) is 5.25. The average Bonchev–Trinajstić information content (AvgIpc) is 3.12. The van der Waals surface area contributed by atoms with Crippen molar-refractivity contribution in [1.82, 2.24) is 0 Å². The average molecular weight is 354 g/mol. The van der Waals surface area contributed by atoms with E-state index in [4.69, 9.17) is 28.3 Å². The van der Waals surface area contributed by atoms with Crippen LogP contribution in [0.1, 0.15) is 16.8 Å². The highest BCUT2D eigenvalue weighted by Crippen LogP contribution is 2.59. The van der Waals surface area contributed by atoms with Gasteiger partial charge in [-0.1, -0.05) is 0 Å². The number of anilines is 1. The van der Waals surface area contributed by atoms with Gasteiger partial charge in [0.15, 0.2) is 0 Å². The molecule has 23 heavy (non-hydrogen) atoms. The standard InChI is InChI=1S/C16H13Cl2NO4/c17-12-8-5-9(13(12)18)11-10(8)14(20)19(15(11)21)7-3-1-6(2-4-7)16(22)23/h1-4,8-13H,5H2,(H,22,23). The van der Waals surface area contributed by atoms with Gasteiger partial charge in [0, 0.05) is 0 Å². The summed E-state index contributed by atoms with van der Waals surface area (Å²) in [5.74, 6) is -2.47. The number of hydrogen-bond acceptors (Lipinski definition) is 3. The van der Waals surface area contributed by atoms with E-state index in [2.05, 4.69) is 0 Å². The Morgan fingerprint density at radius 2 is 1.48 bits per heavy atom. The van der Waals surface area contributed by atoms with E-state index in [-0.39, 0.29) is 40.0 Å². The molecule has 1 N–H and O–H groups in total. The van der Waals surface area contributed by atoms with Crippen molar-refractivity contribution in [3.63, 3.8) is 0 Å². The maximum Gasteiger partial charge on any atom is 0.335 e. The molecule has 5 nitrogen and oxygen atoms in total. The minimum Gasteiger partial charge on any atom is -0.478 e. The van der Waals surface area contributed by atoms with Gasteiger partial charge in [-0.2, -0.15) is 0 Å². The summed E-state index contributed by atoms with van der Waals surface area (Å²) in [6.07, 6.45) is 0.723. The van der Waals surface area contributed by atoms with Crippen molar-refractivity contribution in [2.24, 2.45) is 23.7 Å². The van der Waals surface area contributed by atoms with Crippen molar-refractivity contribution in [3.8, 4) is 0 Å². The number of benzene rings is 1. The lowest BCUT2D eigenvalue weighted by atomic mass is 9.80. The van der Waals surface area contributed by atoms with Crippen LogP contribution in [0.3, 0.4) is 0 Å². The Bertz CT molecular complexity index is 687. The second kappa shape index (κ2) is 4.95. The number of alkyl halides is 2. The van der Waals surface area contributed by atoms with E-state index < -0.39 is 17.8 Å². The van der Waals surface area contributed by atoms with Crippen molar-refractivity contribution in [3.05, 3.63) is 29.8 Å². The largest absolute Gasteiger partial charge is 0.478 e. The van der Waals surface area contributed by atoms with Gasteiger partial charge in [0.1, 0.15) is 0 Å². The molecule has 3 aliphatic rings. The molecule has 2 bridgehead atoms. The minimum absolute atomic E-state index is 0.0612. The molecule has 2 saturated carbocycles. The monoisotopic (exact) mass is 353 g/mol. The van der Waals surface area contributed by atoms with E-state index in [1.54, 1.807) is 0 Å². The van der Waals surface area contributed by atoms with Gasteiger partial charge >= 0.3 is 5.97 Å². The van der Waals surface area contributed by atoms with Gasteiger partial charge in [0.25, 0.3) is 0 Å². The maximum atomic E-state index is 12.7. The fourth-order valence-electron chi connectivity index (χ4n) is 4.36. The molecule has 120 valence electrons. The van der Waals surface area contributed by atoms with Gasteiger partial charge in [-0.3, -0.25) is 14.5 Å². The molecule has 0 aromatic heterocycles. The Labute approximate surface area is 142 Å². The van der Waals surface area contributed by atoms with E-state index in [9.17, 15) is 14.4 Å². The number of carboxylic acids is 1. The number of halogens is 2. The molecule has 6 unspecified atom stereocenters. The highest BCUT2D eigenvalue weighted by molar-refractivity contribution is 6.32. The van der Waals surface area contributed by atoms with E-state index in [1.165, 1.54) is 29.2 Å². The normalized spacial score (nSPS) is 38.3. The van der Waals surface area contributed by atoms with Gasteiger partial charge in [0.05, 0.1) is 33.8 Å². The molecule has 0 radical (unpaired) electrons. The van der Waals surface area contributed by atoms with Gasteiger partial charge < -0.3 is 5.11 Å². The van der Waals surface area contributed by atoms with Crippen molar-refractivity contribution < 1.29 is 19.5 Å². The number of carboxylic acid groups (broad SMARTS) is 1. The van der Waals surface area contributed by atoms with E-state index in [0.717, 1.165) is 6.42 Å². The van der Waals surface area contributed by atoms with Gasteiger partial charge in [-0.25, -0.2) is 4.79 Å². The van der Waals surface area contributed by atoms with Crippen LogP contribution in [0, 0.1) is 23.7 Å². The van der Waals surface area contributed by atoms with Gasteiger partial charge in [-0.15, -0.1) is 23.2 Å². The zero-order valence-corrected chi connectivity index (χ0v) is 13.4. The minimum atomic E-state index is -1.06. The second-order valence-corrected chi connectivity index (χ2v) is 7.38. The Morgan fingerprint density at radius 3 is 1.91 bits per heavy atom. The number of carbonyl (C=O) groups is 3. The maximum absolute atomic E-state index is 12.7. The Kier molecular flexibility index (Phi) is 3.22. The summed E-state index contributed by atoms with van der Waals surface area (Å²) in [6.45, 7) is 0. The fraction of sp³-hybridized carbons (Fsp3) is 0.438. The second-order valence-electron chi connectivity index (χ2n) is 6.37. The Morgan fingerprint density at radius 1 is 1.00 bits per heavy atom. The molecule has 2 amide bonds. The first-order valence-electron chi connectivity index (χ1n) is 7.41. The molecule has 1 saturated heterocycles. The first-order chi connectivity index (χ1) is 10.9. The van der Waals surface area contributed by atoms with Crippen LogP contribution in [-0.2, 0) is 9.59 Å². The zero-order chi connectivity index (χ0) is 16.5. The number of imide groups is 1. The summed E-state index contributed by atoms with van der Waals surface area (Å²) in [4.78, 5) is 37.6. The topological polar surface area (TPSA) is 74.7 Å². The highest BCUT2D eigenvalue weighted by Gasteiger charge is 2.66. The van der Waals surface area contributed by atoms with Crippen LogP contribution in [0.25, 0.3) is 0 Å². The van der Waals surface area contributed by atoms with Crippen molar-refractivity contribution >= 4 is 46.7 Å². The Balaban J connectivity index is 1.68. The van der Waals surface area contributed by atoms with Crippen LogP contribution in [0.4, 0.5) is 5.69 Å². The third kappa shape index (κ3) is 1.90. The number of carbonyl (C=O) groups excluding carboxylic acids is 2. The zero-order valence-electron chi connectivity index (χ0n) is 11.9. The van der Waals surface area contributed by atoms with Gasteiger partial charge in [-0.05, 0) is 42.5 Å². The van der Waals surface area contributed by atoms with E-state index >= 15 is 0 Å². The molecule has 1 aromatic carbocycles. The lowest BCUT2D eigenvalue weighted by Gasteiger charge is -2.28. The summed E-state index contributed by atoms with van der Waals surface area (Å²) < 4.78 is 0. The Hall–Kier alpha value is -1.59. The highest BCUT2D eigenvalue weighted by atomic mass is 35.5. The summed E-state index contributed by atoms with van der Waals surface area (Å²) >= 11 is 12.6. The summed E-state index contributed by atoms with van der Waals surface area (Å²) in [7, 11) is 0. The molecular weight excluding hydrogens is 341 g/mol. The smallest absolute Gasteiger partial charge is 0.335 e. The molecule has 7 heteroatoms. The third-order valence-electron chi connectivity index (χ3n) is 5.36. The quantitative estimate of drug-likeness (QED) is 0.654. The van der Waals surface area contributed by atoms with Gasteiger partial charge in [0.2, 0.25) is 11.8 Å². The molecule has 1 aromatic rings. The number of rotatable bonds is 2. The summed E-state index contributed by atoms with van der Waals surface area (Å²) in [6, 6.07) is 5.74. The molecule has 1 heterocycles. The van der Waals surface area contributed by atoms with Crippen LogP contribution < -0.4 is 4.90 Å². The van der Waals surface area contributed by atoms with Crippen molar-refractivity contribution in [1.29, 1.82) is 0 Å². The molecular formula is C16H13Cl2NO4. The number of hydrogen-bond donors (Lipinski definition) is 1. The van der Waals surface area contributed by atoms with Crippen LogP contribution in [0.15, 0.2) is 24.3 Å². The van der Waals surface area contributed by atoms with Crippen LogP contribution in [-0.4, -0.2) is 33.6 Å². The molecule has 2 aliphatic carbocycles. The summed E-state index contributed by atoms with van der Waals surface area (Å²) in [5, 5.41) is 8.37. The number of nitrogens with zero attached hydrogens (tertiary/aromatic N) is 1. The predicted octanol–water partition coefficient (Wildman–Crippen LogP) is 2.35. The first-order valence-corrected chi connectivity index (χ1v) is 8.28. The molecule has 4 rings (SSSR count). The SMILES string of the molecule is O=C(O)c1ccc(N2C(=O)C3C4CC(C(Cl)C4Cl)C3C2=O)cc1.